The highest BCUT2D eigenvalue weighted by Gasteiger charge is 2.31. The molecule has 6 heteroatoms. The number of hydrogen-bond donors (Lipinski definition) is 2. The number of amidine groups is 1. The zero-order valence-corrected chi connectivity index (χ0v) is 10.8. The molecule has 1 aliphatic heterocycles. The zero-order valence-electron chi connectivity index (χ0n) is 10.8. The van der Waals surface area contributed by atoms with Gasteiger partial charge in [0.15, 0.2) is 0 Å². The first kappa shape index (κ1) is 12.8. The van der Waals surface area contributed by atoms with Crippen LogP contribution in [-0.2, 0) is 4.74 Å². The normalized spacial score (nSPS) is 24.0. The summed E-state index contributed by atoms with van der Waals surface area (Å²) in [6.45, 7) is 3.75. The summed E-state index contributed by atoms with van der Waals surface area (Å²) in [6, 6.07) is 1.64. The second-order valence-electron chi connectivity index (χ2n) is 4.83. The van der Waals surface area contributed by atoms with E-state index in [0.717, 1.165) is 25.9 Å². The Hall–Kier alpha value is -1.69. The van der Waals surface area contributed by atoms with Gasteiger partial charge in [-0.25, -0.2) is 9.97 Å². The van der Waals surface area contributed by atoms with E-state index in [1.807, 2.05) is 0 Å². The molecule has 0 aliphatic carbocycles. The molecule has 3 N–H and O–H groups in total. The van der Waals surface area contributed by atoms with E-state index in [1.165, 1.54) is 0 Å². The van der Waals surface area contributed by atoms with Gasteiger partial charge in [0.05, 0.1) is 5.60 Å². The van der Waals surface area contributed by atoms with Crippen molar-refractivity contribution in [3.63, 3.8) is 0 Å². The maximum atomic E-state index is 7.40. The lowest BCUT2D eigenvalue weighted by molar-refractivity contribution is -0.00499. The molecule has 0 saturated carbocycles. The molecule has 0 amide bonds. The SMILES string of the molecule is COC1(C)CCCN(c2nccc(C(=N)N)n2)C1. The van der Waals surface area contributed by atoms with Gasteiger partial charge < -0.3 is 15.4 Å². The van der Waals surface area contributed by atoms with Gasteiger partial charge in [-0.1, -0.05) is 0 Å². The molecule has 1 aromatic rings. The fourth-order valence-electron chi connectivity index (χ4n) is 2.19. The predicted octanol–water partition coefficient (Wildman–Crippen LogP) is 0.766. The first-order valence-corrected chi connectivity index (χ1v) is 6.02. The van der Waals surface area contributed by atoms with E-state index >= 15 is 0 Å². The molecule has 0 spiro atoms. The molecular weight excluding hydrogens is 230 g/mol. The maximum Gasteiger partial charge on any atom is 0.226 e. The molecule has 6 nitrogen and oxygen atoms in total. The van der Waals surface area contributed by atoms with Gasteiger partial charge in [-0.3, -0.25) is 5.41 Å². The molecule has 1 unspecified atom stereocenters. The predicted molar refractivity (Wildman–Crippen MR) is 69.9 cm³/mol. The van der Waals surface area contributed by atoms with Crippen LogP contribution in [-0.4, -0.2) is 41.6 Å². The summed E-state index contributed by atoms with van der Waals surface area (Å²) in [4.78, 5) is 10.6. The third-order valence-electron chi connectivity index (χ3n) is 3.35. The summed E-state index contributed by atoms with van der Waals surface area (Å²) < 4.78 is 5.54. The van der Waals surface area contributed by atoms with Crippen molar-refractivity contribution in [3.8, 4) is 0 Å². The van der Waals surface area contributed by atoms with Crippen molar-refractivity contribution in [2.75, 3.05) is 25.1 Å². The van der Waals surface area contributed by atoms with E-state index in [4.69, 9.17) is 15.9 Å². The fourth-order valence-corrected chi connectivity index (χ4v) is 2.19. The van der Waals surface area contributed by atoms with Crippen LogP contribution in [0.3, 0.4) is 0 Å². The Bertz CT molecular complexity index is 450. The highest BCUT2D eigenvalue weighted by atomic mass is 16.5. The summed E-state index contributed by atoms with van der Waals surface area (Å²) in [6.07, 6.45) is 3.71. The van der Waals surface area contributed by atoms with E-state index < -0.39 is 0 Å². The Labute approximate surface area is 107 Å². The quantitative estimate of drug-likeness (QED) is 0.610. The van der Waals surface area contributed by atoms with Crippen LogP contribution in [0.2, 0.25) is 0 Å². The van der Waals surface area contributed by atoms with E-state index in [9.17, 15) is 0 Å². The van der Waals surface area contributed by atoms with Crippen molar-refractivity contribution >= 4 is 11.8 Å². The summed E-state index contributed by atoms with van der Waals surface area (Å²) in [5.74, 6) is 0.579. The average Bonchev–Trinajstić information content (AvgIpc) is 2.39. The summed E-state index contributed by atoms with van der Waals surface area (Å²) in [7, 11) is 1.73. The Morgan fingerprint density at radius 1 is 1.61 bits per heavy atom. The number of anilines is 1. The van der Waals surface area contributed by atoms with Crippen LogP contribution in [0, 0.1) is 5.41 Å². The second kappa shape index (κ2) is 4.89. The molecule has 1 saturated heterocycles. The van der Waals surface area contributed by atoms with E-state index in [-0.39, 0.29) is 11.4 Å². The van der Waals surface area contributed by atoms with Crippen LogP contribution in [0.15, 0.2) is 12.3 Å². The number of ether oxygens (including phenoxy) is 1. The number of piperidine rings is 1. The van der Waals surface area contributed by atoms with Crippen molar-refractivity contribution in [3.05, 3.63) is 18.0 Å². The monoisotopic (exact) mass is 249 g/mol. The van der Waals surface area contributed by atoms with Gasteiger partial charge in [0.1, 0.15) is 11.5 Å². The third kappa shape index (κ3) is 2.59. The number of hydrogen-bond acceptors (Lipinski definition) is 5. The average molecular weight is 249 g/mol. The van der Waals surface area contributed by atoms with Crippen LogP contribution >= 0.6 is 0 Å². The number of aromatic nitrogens is 2. The molecule has 0 radical (unpaired) electrons. The van der Waals surface area contributed by atoms with Gasteiger partial charge in [-0.15, -0.1) is 0 Å². The van der Waals surface area contributed by atoms with Gasteiger partial charge in [0, 0.05) is 26.4 Å². The molecule has 1 fully saturated rings. The largest absolute Gasteiger partial charge is 0.382 e. The van der Waals surface area contributed by atoms with Crippen LogP contribution in [0.4, 0.5) is 5.95 Å². The van der Waals surface area contributed by atoms with Crippen LogP contribution in [0.25, 0.3) is 0 Å². The third-order valence-corrected chi connectivity index (χ3v) is 3.35. The molecule has 98 valence electrons. The summed E-state index contributed by atoms with van der Waals surface area (Å²) >= 11 is 0. The second-order valence-corrected chi connectivity index (χ2v) is 4.83. The van der Waals surface area contributed by atoms with Crippen LogP contribution in [0.5, 0.6) is 0 Å². The maximum absolute atomic E-state index is 7.40. The molecule has 0 bridgehead atoms. The lowest BCUT2D eigenvalue weighted by atomic mass is 9.95. The molecule has 2 heterocycles. The van der Waals surface area contributed by atoms with Crippen molar-refractivity contribution in [1.29, 1.82) is 5.41 Å². The minimum Gasteiger partial charge on any atom is -0.382 e. The van der Waals surface area contributed by atoms with E-state index in [0.29, 0.717) is 11.6 Å². The molecule has 18 heavy (non-hydrogen) atoms. The van der Waals surface area contributed by atoms with E-state index in [1.54, 1.807) is 19.4 Å². The minimum atomic E-state index is -0.159. The Morgan fingerprint density at radius 2 is 2.39 bits per heavy atom. The van der Waals surface area contributed by atoms with Gasteiger partial charge in [-0.05, 0) is 25.8 Å². The summed E-state index contributed by atoms with van der Waals surface area (Å²) in [5, 5.41) is 7.40. The number of rotatable bonds is 3. The number of nitrogens with two attached hydrogens (primary N) is 1. The zero-order chi connectivity index (χ0) is 13.2. The number of methoxy groups -OCH3 is 1. The summed E-state index contributed by atoms with van der Waals surface area (Å²) in [5.41, 5.74) is 5.75. The lowest BCUT2D eigenvalue weighted by Gasteiger charge is -2.39. The van der Waals surface area contributed by atoms with E-state index in [2.05, 4.69) is 21.8 Å². The number of nitrogen functional groups attached to an aromatic ring is 1. The standard InChI is InChI=1S/C12H19N5O/c1-12(18-2)5-3-7-17(8-12)11-15-6-4-9(16-11)10(13)14/h4,6H,3,5,7-8H2,1-2H3,(H3,13,14). The van der Waals surface area contributed by atoms with Crippen LogP contribution in [0.1, 0.15) is 25.5 Å². The highest BCUT2D eigenvalue weighted by Crippen LogP contribution is 2.26. The highest BCUT2D eigenvalue weighted by molar-refractivity contribution is 5.93. The molecule has 1 aromatic heterocycles. The van der Waals surface area contributed by atoms with Crippen molar-refractivity contribution in [2.45, 2.75) is 25.4 Å². The number of nitrogens with one attached hydrogen (secondary N) is 1. The van der Waals surface area contributed by atoms with Gasteiger partial charge in [0.25, 0.3) is 0 Å². The first-order valence-electron chi connectivity index (χ1n) is 6.02. The fraction of sp³-hybridized carbons (Fsp3) is 0.583. The Kier molecular flexibility index (Phi) is 3.47. The molecule has 1 atom stereocenters. The van der Waals surface area contributed by atoms with Gasteiger partial charge in [-0.2, -0.15) is 0 Å². The molecule has 0 aromatic carbocycles. The Balaban J connectivity index is 2.21. The Morgan fingerprint density at radius 3 is 3.06 bits per heavy atom. The van der Waals surface area contributed by atoms with Crippen molar-refractivity contribution in [2.24, 2.45) is 5.73 Å². The van der Waals surface area contributed by atoms with Crippen molar-refractivity contribution < 1.29 is 4.74 Å². The lowest BCUT2D eigenvalue weighted by Crippen LogP contribution is -2.48. The topological polar surface area (TPSA) is 88.1 Å². The first-order chi connectivity index (χ1) is 8.54. The van der Waals surface area contributed by atoms with Gasteiger partial charge >= 0.3 is 0 Å². The van der Waals surface area contributed by atoms with Crippen molar-refractivity contribution in [1.82, 2.24) is 9.97 Å². The number of nitrogens with zero attached hydrogens (tertiary/aromatic N) is 3. The molecule has 2 rings (SSSR count). The van der Waals surface area contributed by atoms with Crippen LogP contribution < -0.4 is 10.6 Å². The van der Waals surface area contributed by atoms with Gasteiger partial charge in [0.2, 0.25) is 5.95 Å². The molecule has 1 aliphatic rings. The smallest absolute Gasteiger partial charge is 0.226 e. The minimum absolute atomic E-state index is 0.0369. The molecular formula is C12H19N5O.